The largest absolute Gasteiger partial charge is 0.343 e. The van der Waals surface area contributed by atoms with Crippen molar-refractivity contribution in [1.82, 2.24) is 4.90 Å². The van der Waals surface area contributed by atoms with Gasteiger partial charge in [0.2, 0.25) is 13.3 Å². The van der Waals surface area contributed by atoms with Crippen LogP contribution in [0.15, 0.2) is 0 Å². The molecule has 1 saturated heterocycles. The van der Waals surface area contributed by atoms with Gasteiger partial charge in [0, 0.05) is 19.1 Å². The predicted molar refractivity (Wildman–Crippen MR) is 91.7 cm³/mol. The maximum Gasteiger partial charge on any atom is 0.223 e. The quantitative estimate of drug-likeness (QED) is 0.537. The highest BCUT2D eigenvalue weighted by atomic mass is 31.2. The lowest BCUT2D eigenvalue weighted by Gasteiger charge is -2.30. The van der Waals surface area contributed by atoms with Gasteiger partial charge in [0.25, 0.3) is 0 Å². The molecule has 0 aliphatic carbocycles. The minimum atomic E-state index is -3.21. The fourth-order valence-corrected chi connectivity index (χ4v) is 10.0. The Bertz CT molecular complexity index is 377. The van der Waals surface area contributed by atoms with E-state index in [0.29, 0.717) is 19.1 Å². The third-order valence-corrected chi connectivity index (χ3v) is 13.2. The second-order valence-corrected chi connectivity index (χ2v) is 14.5. The summed E-state index contributed by atoms with van der Waals surface area (Å²) in [6.07, 6.45) is 3.95. The van der Waals surface area contributed by atoms with E-state index in [1.807, 2.05) is 0 Å². The van der Waals surface area contributed by atoms with E-state index in [9.17, 15) is 14.3 Å². The van der Waals surface area contributed by atoms with Crippen LogP contribution in [-0.4, -0.2) is 42.8 Å². The van der Waals surface area contributed by atoms with E-state index in [1.165, 1.54) is 18.1 Å². The summed E-state index contributed by atoms with van der Waals surface area (Å²) >= 11 is 0. The molecule has 0 aromatic rings. The molecule has 1 unspecified atom stereocenters. The summed E-state index contributed by atoms with van der Waals surface area (Å²) in [7, 11) is -4.57. The molecule has 1 amide bonds. The topological polar surface area (TPSA) is 57.6 Å². The lowest BCUT2D eigenvalue weighted by atomic mass is 10.2. The first-order valence-electron chi connectivity index (χ1n) is 8.46. The summed E-state index contributed by atoms with van der Waals surface area (Å²) in [4.78, 5) is 23.9. The van der Waals surface area contributed by atoms with E-state index in [-0.39, 0.29) is 12.2 Å². The zero-order valence-electron chi connectivity index (χ0n) is 13.9. The summed E-state index contributed by atoms with van der Waals surface area (Å²) in [6.45, 7) is 7.32. The number of amides is 1. The maximum absolute atomic E-state index is 12.5. The number of hydrogen-bond acceptors (Lipinski definition) is 2. The lowest BCUT2D eigenvalue weighted by Crippen LogP contribution is -2.34. The Morgan fingerprint density at radius 3 is 2.33 bits per heavy atom. The number of hydrogen-bond donors (Lipinski definition) is 1. The van der Waals surface area contributed by atoms with E-state index in [2.05, 4.69) is 20.8 Å². The maximum atomic E-state index is 12.5. The van der Waals surface area contributed by atoms with Gasteiger partial charge in [0.05, 0.1) is 14.4 Å². The van der Waals surface area contributed by atoms with Crippen LogP contribution in [0, 0.1) is 0 Å². The second kappa shape index (κ2) is 8.49. The zero-order valence-corrected chi connectivity index (χ0v) is 15.8. The SMILES string of the molecule is CC[Si](CC)(CC)CCP(=O)(O)CN1CCCCCC1=O. The van der Waals surface area contributed by atoms with E-state index in [0.717, 1.165) is 25.3 Å². The van der Waals surface area contributed by atoms with Crippen molar-refractivity contribution in [2.24, 2.45) is 0 Å². The molecule has 0 bridgehead atoms. The van der Waals surface area contributed by atoms with Crippen LogP contribution >= 0.6 is 7.37 Å². The third-order valence-electron chi connectivity index (χ3n) is 5.30. The number of carbonyl (C=O) groups excluding carboxylic acids is 1. The van der Waals surface area contributed by atoms with E-state index < -0.39 is 15.4 Å². The van der Waals surface area contributed by atoms with Crippen molar-refractivity contribution in [1.29, 1.82) is 0 Å². The Labute approximate surface area is 130 Å². The summed E-state index contributed by atoms with van der Waals surface area (Å²) in [6, 6.07) is 4.47. The van der Waals surface area contributed by atoms with Gasteiger partial charge >= 0.3 is 0 Å². The van der Waals surface area contributed by atoms with Crippen LogP contribution in [0.1, 0.15) is 46.5 Å². The van der Waals surface area contributed by atoms with Crippen molar-refractivity contribution >= 4 is 21.3 Å². The van der Waals surface area contributed by atoms with Crippen LogP contribution in [-0.2, 0) is 9.36 Å². The standard InChI is InChI=1S/C15H32NO3PSi/c1-4-21(5-2,6-3)13-12-20(18,19)14-16-11-9-7-8-10-15(16)17/h4-14H2,1-3H3,(H,18,19). The van der Waals surface area contributed by atoms with Crippen molar-refractivity contribution in [3.05, 3.63) is 0 Å². The van der Waals surface area contributed by atoms with Gasteiger partial charge in [-0.15, -0.1) is 0 Å². The first kappa shape index (κ1) is 18.9. The highest BCUT2D eigenvalue weighted by Gasteiger charge is 2.32. The zero-order chi connectivity index (χ0) is 15.9. The molecule has 0 aromatic carbocycles. The van der Waals surface area contributed by atoms with E-state index >= 15 is 0 Å². The molecule has 21 heavy (non-hydrogen) atoms. The van der Waals surface area contributed by atoms with Gasteiger partial charge in [-0.3, -0.25) is 9.36 Å². The molecule has 4 nitrogen and oxygen atoms in total. The van der Waals surface area contributed by atoms with Gasteiger partial charge in [0.1, 0.15) is 0 Å². The minimum absolute atomic E-state index is 0.0618. The molecule has 0 saturated carbocycles. The molecular formula is C15H32NO3PSi. The molecule has 0 radical (unpaired) electrons. The molecule has 124 valence electrons. The molecule has 0 spiro atoms. The lowest BCUT2D eigenvalue weighted by molar-refractivity contribution is -0.129. The highest BCUT2D eigenvalue weighted by molar-refractivity contribution is 7.58. The van der Waals surface area contributed by atoms with Crippen molar-refractivity contribution in [3.63, 3.8) is 0 Å². The molecule has 6 heteroatoms. The van der Waals surface area contributed by atoms with Crippen LogP contribution in [0.4, 0.5) is 0 Å². The van der Waals surface area contributed by atoms with Crippen molar-refractivity contribution in [2.45, 2.75) is 70.6 Å². The Kier molecular flexibility index (Phi) is 7.65. The average molecular weight is 333 g/mol. The minimum Gasteiger partial charge on any atom is -0.343 e. The fourth-order valence-electron chi connectivity index (χ4n) is 3.22. The third kappa shape index (κ3) is 5.88. The summed E-state index contributed by atoms with van der Waals surface area (Å²) < 4.78 is 12.5. The molecule has 1 fully saturated rings. The molecule has 1 rings (SSSR count). The van der Waals surface area contributed by atoms with Gasteiger partial charge in [-0.1, -0.05) is 45.3 Å². The molecule has 1 aliphatic heterocycles. The van der Waals surface area contributed by atoms with Crippen LogP contribution in [0.25, 0.3) is 0 Å². The molecule has 1 heterocycles. The number of rotatable bonds is 8. The van der Waals surface area contributed by atoms with E-state index in [4.69, 9.17) is 0 Å². The van der Waals surface area contributed by atoms with Crippen LogP contribution in [0.2, 0.25) is 24.2 Å². The van der Waals surface area contributed by atoms with Gasteiger partial charge in [0.15, 0.2) is 0 Å². The second-order valence-electron chi connectivity index (χ2n) is 6.49. The van der Waals surface area contributed by atoms with Gasteiger partial charge in [-0.2, -0.15) is 0 Å². The van der Waals surface area contributed by atoms with Crippen LogP contribution < -0.4 is 0 Å². The Morgan fingerprint density at radius 2 is 1.76 bits per heavy atom. The number of nitrogens with zero attached hydrogens (tertiary/aromatic N) is 1. The Hall–Kier alpha value is -0.123. The molecule has 1 atom stereocenters. The first-order valence-corrected chi connectivity index (χ1v) is 13.3. The monoisotopic (exact) mass is 333 g/mol. The fraction of sp³-hybridized carbons (Fsp3) is 0.933. The van der Waals surface area contributed by atoms with Crippen LogP contribution in [0.5, 0.6) is 0 Å². The van der Waals surface area contributed by atoms with Gasteiger partial charge in [-0.25, -0.2) is 0 Å². The smallest absolute Gasteiger partial charge is 0.223 e. The number of likely N-dealkylation sites (tertiary alicyclic amines) is 1. The summed E-state index contributed by atoms with van der Waals surface area (Å²) in [5, 5.41) is 0. The molecule has 1 aliphatic rings. The average Bonchev–Trinajstić information content (AvgIpc) is 2.66. The predicted octanol–water partition coefficient (Wildman–Crippen LogP) is 4.13. The Balaban J connectivity index is 2.60. The molecular weight excluding hydrogens is 301 g/mol. The van der Waals surface area contributed by atoms with Gasteiger partial charge in [-0.05, 0) is 18.9 Å². The Morgan fingerprint density at radius 1 is 1.14 bits per heavy atom. The highest BCUT2D eigenvalue weighted by Crippen LogP contribution is 2.45. The molecule has 0 aromatic heterocycles. The summed E-state index contributed by atoms with van der Waals surface area (Å²) in [5.41, 5.74) is 0. The summed E-state index contributed by atoms with van der Waals surface area (Å²) in [5.74, 6) is 0.0618. The van der Waals surface area contributed by atoms with Crippen molar-refractivity contribution in [3.8, 4) is 0 Å². The number of carbonyl (C=O) groups is 1. The van der Waals surface area contributed by atoms with Crippen molar-refractivity contribution < 1.29 is 14.3 Å². The first-order chi connectivity index (χ1) is 9.88. The van der Waals surface area contributed by atoms with Crippen molar-refractivity contribution in [2.75, 3.05) is 19.0 Å². The molecule has 1 N–H and O–H groups in total. The van der Waals surface area contributed by atoms with Crippen LogP contribution in [0.3, 0.4) is 0 Å². The van der Waals surface area contributed by atoms with E-state index in [1.54, 1.807) is 4.90 Å². The van der Waals surface area contributed by atoms with Gasteiger partial charge < -0.3 is 9.79 Å². The normalized spacial score (nSPS) is 20.2.